The van der Waals surface area contributed by atoms with Crippen LogP contribution in [0.5, 0.6) is 11.5 Å². The first-order valence-corrected chi connectivity index (χ1v) is 9.70. The number of carbonyl (C=O) groups is 1. The minimum absolute atomic E-state index is 0.0230. The fourth-order valence-corrected chi connectivity index (χ4v) is 3.89. The van der Waals surface area contributed by atoms with E-state index in [0.717, 1.165) is 36.6 Å². The third-order valence-corrected chi connectivity index (χ3v) is 5.32. The molecule has 0 radical (unpaired) electrons. The Labute approximate surface area is 173 Å². The van der Waals surface area contributed by atoms with Crippen molar-refractivity contribution in [2.24, 2.45) is 0 Å². The number of aromatic nitrogens is 2. The summed E-state index contributed by atoms with van der Waals surface area (Å²) < 4.78 is 16.2. The van der Waals surface area contributed by atoms with Crippen LogP contribution in [0.15, 0.2) is 33.7 Å². The second-order valence-electron chi connectivity index (χ2n) is 7.36. The molecule has 2 aromatic heterocycles. The lowest BCUT2D eigenvalue weighted by Gasteiger charge is -2.18. The van der Waals surface area contributed by atoms with Gasteiger partial charge in [-0.05, 0) is 31.0 Å². The SMILES string of the molecule is COc1cc(CN2CCC(NC(=O)c3c(C)oc4nc[nH]c(=O)c34)C2)cc(OC)c1. The fraction of sp³-hybridized carbons (Fsp3) is 0.381. The number of H-pyrrole nitrogens is 1. The van der Waals surface area contributed by atoms with Crippen LogP contribution in [0.1, 0.15) is 28.1 Å². The molecular weight excluding hydrogens is 388 g/mol. The summed E-state index contributed by atoms with van der Waals surface area (Å²) in [4.78, 5) is 33.8. The molecule has 0 aliphatic carbocycles. The van der Waals surface area contributed by atoms with Crippen LogP contribution in [0.3, 0.4) is 0 Å². The molecule has 2 N–H and O–H groups in total. The van der Waals surface area contributed by atoms with Gasteiger partial charge in [-0.25, -0.2) is 4.98 Å². The standard InChI is InChI=1S/C21H24N4O5/c1-12-17(18-19(26)22-11-23-21(18)30-12)20(27)24-14-4-5-25(10-14)9-13-6-15(28-2)8-16(7-13)29-3/h6-8,11,14H,4-5,9-10H2,1-3H3,(H,24,27)(H,22,23,26). The topological polar surface area (TPSA) is 110 Å². The van der Waals surface area contributed by atoms with E-state index in [9.17, 15) is 9.59 Å². The third kappa shape index (κ3) is 3.88. The van der Waals surface area contributed by atoms with Crippen molar-refractivity contribution in [1.29, 1.82) is 0 Å². The number of furan rings is 1. The molecule has 0 saturated carbocycles. The number of likely N-dealkylation sites (tertiary alicyclic amines) is 1. The molecule has 30 heavy (non-hydrogen) atoms. The van der Waals surface area contributed by atoms with E-state index in [1.165, 1.54) is 6.33 Å². The molecule has 1 aromatic carbocycles. The number of fused-ring (bicyclic) bond motifs is 1. The van der Waals surface area contributed by atoms with Crippen molar-refractivity contribution in [3.63, 3.8) is 0 Å². The van der Waals surface area contributed by atoms with Crippen LogP contribution < -0.4 is 20.3 Å². The average Bonchev–Trinajstić information content (AvgIpc) is 3.31. The molecule has 1 fully saturated rings. The highest BCUT2D eigenvalue weighted by atomic mass is 16.5. The van der Waals surface area contributed by atoms with Gasteiger partial charge in [-0.1, -0.05) is 0 Å². The molecular formula is C21H24N4O5. The Kier molecular flexibility index (Phi) is 5.45. The lowest BCUT2D eigenvalue weighted by atomic mass is 10.1. The third-order valence-electron chi connectivity index (χ3n) is 5.32. The Hall–Kier alpha value is -3.33. The van der Waals surface area contributed by atoms with Crippen molar-refractivity contribution in [2.45, 2.75) is 25.9 Å². The molecule has 1 saturated heterocycles. The van der Waals surface area contributed by atoms with E-state index in [1.54, 1.807) is 21.1 Å². The largest absolute Gasteiger partial charge is 0.497 e. The Balaban J connectivity index is 1.44. The van der Waals surface area contributed by atoms with Gasteiger partial charge in [0.15, 0.2) is 0 Å². The van der Waals surface area contributed by atoms with Crippen molar-refractivity contribution >= 4 is 17.0 Å². The summed E-state index contributed by atoms with van der Waals surface area (Å²) >= 11 is 0. The predicted molar refractivity (Wildman–Crippen MR) is 110 cm³/mol. The zero-order valence-corrected chi connectivity index (χ0v) is 17.2. The number of amides is 1. The molecule has 0 spiro atoms. The summed E-state index contributed by atoms with van der Waals surface area (Å²) in [5.74, 6) is 1.55. The zero-order valence-electron chi connectivity index (χ0n) is 17.2. The molecule has 1 amide bonds. The van der Waals surface area contributed by atoms with Crippen LogP contribution in [0.25, 0.3) is 11.1 Å². The zero-order chi connectivity index (χ0) is 21.3. The van der Waals surface area contributed by atoms with Crippen molar-refractivity contribution in [2.75, 3.05) is 27.3 Å². The number of nitrogens with zero attached hydrogens (tertiary/aromatic N) is 2. The molecule has 1 unspecified atom stereocenters. The molecule has 158 valence electrons. The van der Waals surface area contributed by atoms with Crippen LogP contribution in [-0.4, -0.2) is 54.1 Å². The van der Waals surface area contributed by atoms with E-state index in [-0.39, 0.29) is 34.2 Å². The highest BCUT2D eigenvalue weighted by Gasteiger charge is 2.28. The molecule has 9 heteroatoms. The van der Waals surface area contributed by atoms with Gasteiger partial charge in [-0.2, -0.15) is 0 Å². The second-order valence-corrected chi connectivity index (χ2v) is 7.36. The number of nitrogens with one attached hydrogen (secondary N) is 2. The molecule has 0 bridgehead atoms. The summed E-state index contributed by atoms with van der Waals surface area (Å²) in [6.07, 6.45) is 2.08. The highest BCUT2D eigenvalue weighted by Crippen LogP contribution is 2.25. The lowest BCUT2D eigenvalue weighted by molar-refractivity contribution is 0.0937. The van der Waals surface area contributed by atoms with Crippen molar-refractivity contribution in [3.8, 4) is 11.5 Å². The normalized spacial score (nSPS) is 16.7. The van der Waals surface area contributed by atoms with Gasteiger partial charge < -0.3 is 24.2 Å². The first kappa shape index (κ1) is 20.0. The van der Waals surface area contributed by atoms with Gasteiger partial charge >= 0.3 is 0 Å². The van der Waals surface area contributed by atoms with Crippen molar-refractivity contribution < 1.29 is 18.7 Å². The van der Waals surface area contributed by atoms with E-state index < -0.39 is 0 Å². The Morgan fingerprint density at radius 3 is 2.73 bits per heavy atom. The Bertz CT molecular complexity index is 1110. The molecule has 3 heterocycles. The van der Waals surface area contributed by atoms with Crippen molar-refractivity contribution in [3.05, 3.63) is 51.8 Å². The van der Waals surface area contributed by atoms with Crippen molar-refractivity contribution in [1.82, 2.24) is 20.2 Å². The van der Waals surface area contributed by atoms with Gasteiger partial charge in [0.05, 0.1) is 26.1 Å². The van der Waals surface area contributed by atoms with Crippen LogP contribution >= 0.6 is 0 Å². The maximum atomic E-state index is 12.9. The maximum Gasteiger partial charge on any atom is 0.262 e. The average molecular weight is 412 g/mol. The molecule has 9 nitrogen and oxygen atoms in total. The molecule has 1 aliphatic heterocycles. The first-order chi connectivity index (χ1) is 14.5. The van der Waals surface area contributed by atoms with Crippen LogP contribution in [0.4, 0.5) is 0 Å². The van der Waals surface area contributed by atoms with E-state index in [2.05, 4.69) is 20.2 Å². The molecule has 4 rings (SSSR count). The molecule has 1 atom stereocenters. The highest BCUT2D eigenvalue weighted by molar-refractivity contribution is 6.06. The number of hydrogen-bond donors (Lipinski definition) is 2. The Morgan fingerprint density at radius 1 is 1.30 bits per heavy atom. The van der Waals surface area contributed by atoms with Gasteiger partial charge in [0, 0.05) is 31.7 Å². The fourth-order valence-electron chi connectivity index (χ4n) is 3.89. The molecule has 1 aliphatic rings. The summed E-state index contributed by atoms with van der Waals surface area (Å²) in [6, 6.07) is 5.78. The van der Waals surface area contributed by atoms with Crippen LogP contribution in [0.2, 0.25) is 0 Å². The number of methoxy groups -OCH3 is 2. The number of hydrogen-bond acceptors (Lipinski definition) is 7. The summed E-state index contributed by atoms with van der Waals surface area (Å²) in [5.41, 5.74) is 1.10. The first-order valence-electron chi connectivity index (χ1n) is 9.70. The second kappa shape index (κ2) is 8.19. The number of rotatable bonds is 6. The minimum atomic E-state index is -0.387. The Morgan fingerprint density at radius 2 is 2.03 bits per heavy atom. The van der Waals surface area contributed by atoms with E-state index in [0.29, 0.717) is 12.3 Å². The number of ether oxygens (including phenoxy) is 2. The quantitative estimate of drug-likeness (QED) is 0.636. The number of benzene rings is 1. The maximum absolute atomic E-state index is 12.9. The van der Waals surface area contributed by atoms with Gasteiger partial charge in [0.2, 0.25) is 5.71 Å². The van der Waals surface area contributed by atoms with Gasteiger partial charge in [0.25, 0.3) is 11.5 Å². The van der Waals surface area contributed by atoms with Gasteiger partial charge in [-0.3, -0.25) is 14.5 Å². The summed E-state index contributed by atoms with van der Waals surface area (Å²) in [7, 11) is 3.25. The monoisotopic (exact) mass is 412 g/mol. The van der Waals surface area contributed by atoms with Gasteiger partial charge in [-0.15, -0.1) is 0 Å². The van der Waals surface area contributed by atoms with Crippen LogP contribution in [-0.2, 0) is 6.54 Å². The smallest absolute Gasteiger partial charge is 0.262 e. The van der Waals surface area contributed by atoms with E-state index in [4.69, 9.17) is 13.9 Å². The summed E-state index contributed by atoms with van der Waals surface area (Å²) in [5, 5.41) is 3.22. The van der Waals surface area contributed by atoms with Crippen LogP contribution in [0, 0.1) is 6.92 Å². The lowest BCUT2D eigenvalue weighted by Crippen LogP contribution is -2.37. The number of carbonyl (C=O) groups excluding carboxylic acids is 1. The molecule has 3 aromatic rings. The summed E-state index contributed by atoms with van der Waals surface area (Å²) in [6.45, 7) is 3.93. The van der Waals surface area contributed by atoms with E-state index >= 15 is 0 Å². The predicted octanol–water partition coefficient (Wildman–Crippen LogP) is 1.85. The minimum Gasteiger partial charge on any atom is -0.497 e. The van der Waals surface area contributed by atoms with Gasteiger partial charge in [0.1, 0.15) is 22.6 Å². The number of aromatic amines is 1. The van der Waals surface area contributed by atoms with E-state index in [1.807, 2.05) is 18.2 Å². The number of aryl methyl sites for hydroxylation is 1.